The van der Waals surface area contributed by atoms with Crippen molar-refractivity contribution in [3.63, 3.8) is 0 Å². The Labute approximate surface area is 134 Å². The van der Waals surface area contributed by atoms with E-state index in [1.54, 1.807) is 11.4 Å². The highest BCUT2D eigenvalue weighted by Gasteiger charge is 2.30. The summed E-state index contributed by atoms with van der Waals surface area (Å²) >= 11 is 0. The molecule has 1 saturated heterocycles. The summed E-state index contributed by atoms with van der Waals surface area (Å²) in [7, 11) is -1.64. The molecule has 1 aliphatic rings. The average Bonchev–Trinajstić information content (AvgIpc) is 2.77. The smallest absolute Gasteiger partial charge is 0.270 e. The second kappa shape index (κ2) is 7.10. The van der Waals surface area contributed by atoms with Crippen molar-refractivity contribution in [2.45, 2.75) is 46.6 Å². The van der Waals surface area contributed by atoms with Crippen LogP contribution in [0, 0.1) is 19.8 Å². The molecule has 1 aliphatic heterocycles. The number of piperidine rings is 1. The van der Waals surface area contributed by atoms with Crippen LogP contribution in [0.2, 0.25) is 0 Å². The number of hydrogen-bond acceptors (Lipinski definition) is 3. The maximum Gasteiger partial charge on any atom is 0.281 e. The molecule has 1 aromatic heterocycles. The molecule has 0 radical (unpaired) electrons. The van der Waals surface area contributed by atoms with E-state index in [0.29, 0.717) is 25.6 Å². The summed E-state index contributed by atoms with van der Waals surface area (Å²) < 4.78 is 30.2. The predicted octanol–water partition coefficient (Wildman–Crippen LogP) is 1.80. The molecule has 2 heterocycles. The van der Waals surface area contributed by atoms with E-state index in [2.05, 4.69) is 12.0 Å². The number of nitrogens with zero attached hydrogens (tertiary/aromatic N) is 4. The van der Waals surface area contributed by atoms with E-state index in [4.69, 9.17) is 0 Å². The molecule has 1 fully saturated rings. The summed E-state index contributed by atoms with van der Waals surface area (Å²) in [5.41, 5.74) is 2.12. The van der Waals surface area contributed by atoms with Crippen LogP contribution in [0.1, 0.15) is 37.6 Å². The zero-order chi connectivity index (χ0) is 16.3. The van der Waals surface area contributed by atoms with Gasteiger partial charge in [0.2, 0.25) is 0 Å². The van der Waals surface area contributed by atoms with Crippen LogP contribution in [-0.2, 0) is 16.8 Å². The monoisotopic (exact) mass is 328 g/mol. The van der Waals surface area contributed by atoms with Gasteiger partial charge >= 0.3 is 0 Å². The zero-order valence-electron chi connectivity index (χ0n) is 14.1. The van der Waals surface area contributed by atoms with Crippen molar-refractivity contribution in [1.82, 2.24) is 18.4 Å². The summed E-state index contributed by atoms with van der Waals surface area (Å²) in [4.78, 5) is 0. The first-order valence-electron chi connectivity index (χ1n) is 8.03. The summed E-state index contributed by atoms with van der Waals surface area (Å²) in [6.07, 6.45) is 2.84. The lowest BCUT2D eigenvalue weighted by molar-refractivity contribution is 0.262. The number of aromatic nitrogens is 2. The molecule has 0 unspecified atom stereocenters. The fraction of sp³-hybridized carbons (Fsp3) is 0.800. The minimum absolute atomic E-state index is 0.451. The predicted molar refractivity (Wildman–Crippen MR) is 87.8 cm³/mol. The maximum atomic E-state index is 12.6. The second-order valence-corrected chi connectivity index (χ2v) is 8.47. The largest absolute Gasteiger partial charge is 0.281 e. The summed E-state index contributed by atoms with van der Waals surface area (Å²) in [5, 5.41) is 4.41. The van der Waals surface area contributed by atoms with Gasteiger partial charge in [0, 0.05) is 38.9 Å². The molecule has 2 rings (SSSR count). The zero-order valence-corrected chi connectivity index (χ0v) is 14.9. The Bertz CT molecular complexity index is 597. The number of rotatable bonds is 6. The quantitative estimate of drug-likeness (QED) is 0.800. The van der Waals surface area contributed by atoms with Crippen LogP contribution in [0.3, 0.4) is 0 Å². The Morgan fingerprint density at radius 1 is 1.41 bits per heavy atom. The molecule has 0 N–H and O–H groups in total. The second-order valence-electron chi connectivity index (χ2n) is 6.44. The van der Waals surface area contributed by atoms with Crippen LogP contribution in [0.25, 0.3) is 0 Å². The Hall–Kier alpha value is -0.920. The van der Waals surface area contributed by atoms with Gasteiger partial charge in [-0.3, -0.25) is 4.68 Å². The Morgan fingerprint density at radius 3 is 2.73 bits per heavy atom. The van der Waals surface area contributed by atoms with Gasteiger partial charge in [-0.2, -0.15) is 22.1 Å². The van der Waals surface area contributed by atoms with E-state index < -0.39 is 10.2 Å². The van der Waals surface area contributed by atoms with Gasteiger partial charge < -0.3 is 0 Å². The number of aryl methyl sites for hydroxylation is 3. The van der Waals surface area contributed by atoms with Gasteiger partial charge in [-0.1, -0.05) is 6.92 Å². The van der Waals surface area contributed by atoms with E-state index in [1.165, 1.54) is 4.31 Å². The van der Waals surface area contributed by atoms with Crippen LogP contribution >= 0.6 is 0 Å². The van der Waals surface area contributed by atoms with Gasteiger partial charge in [0.05, 0.1) is 5.69 Å². The Balaban J connectivity index is 1.88. The molecule has 7 heteroatoms. The third-order valence-corrected chi connectivity index (χ3v) is 6.24. The highest BCUT2D eigenvalue weighted by atomic mass is 32.2. The molecule has 6 nitrogen and oxygen atoms in total. The fourth-order valence-electron chi connectivity index (χ4n) is 3.01. The first kappa shape index (κ1) is 17.4. The number of hydrogen-bond donors (Lipinski definition) is 0. The van der Waals surface area contributed by atoms with Crippen LogP contribution in [0.15, 0.2) is 6.07 Å². The summed E-state index contributed by atoms with van der Waals surface area (Å²) in [5.74, 6) is 0.451. The van der Waals surface area contributed by atoms with Gasteiger partial charge in [0.1, 0.15) is 0 Å². The summed E-state index contributed by atoms with van der Waals surface area (Å²) in [6, 6.07) is 2.04. The van der Waals surface area contributed by atoms with Crippen LogP contribution < -0.4 is 0 Å². The topological polar surface area (TPSA) is 58.4 Å². The van der Waals surface area contributed by atoms with E-state index in [-0.39, 0.29) is 0 Å². The van der Waals surface area contributed by atoms with Gasteiger partial charge in [-0.25, -0.2) is 0 Å². The molecule has 0 amide bonds. The van der Waals surface area contributed by atoms with E-state index >= 15 is 0 Å². The lowest BCUT2D eigenvalue weighted by Gasteiger charge is -2.33. The molecule has 1 aromatic rings. The molecule has 0 aromatic carbocycles. The van der Waals surface area contributed by atoms with Crippen molar-refractivity contribution >= 4 is 10.2 Å². The molecule has 0 bridgehead atoms. The Morgan fingerprint density at radius 2 is 2.14 bits per heavy atom. The van der Waals surface area contributed by atoms with Crippen LogP contribution in [-0.4, -0.2) is 53.5 Å². The summed E-state index contributed by atoms with van der Waals surface area (Å²) in [6.45, 7) is 8.66. The Kier molecular flexibility index (Phi) is 5.63. The molecule has 0 saturated carbocycles. The molecule has 126 valence electrons. The van der Waals surface area contributed by atoms with Crippen molar-refractivity contribution in [3.8, 4) is 0 Å². The van der Waals surface area contributed by atoms with Crippen LogP contribution in [0.4, 0.5) is 0 Å². The normalized spacial score (nSPS) is 20.7. The van der Waals surface area contributed by atoms with E-state index in [1.807, 2.05) is 24.6 Å². The highest BCUT2D eigenvalue weighted by molar-refractivity contribution is 7.86. The molecular formula is C15H28N4O2S. The van der Waals surface area contributed by atoms with Gasteiger partial charge in [-0.05, 0) is 45.1 Å². The lowest BCUT2D eigenvalue weighted by Crippen LogP contribution is -2.46. The molecule has 0 aliphatic carbocycles. The van der Waals surface area contributed by atoms with Gasteiger partial charge in [0.15, 0.2) is 0 Å². The highest BCUT2D eigenvalue weighted by Crippen LogP contribution is 2.20. The first-order valence-corrected chi connectivity index (χ1v) is 9.43. The van der Waals surface area contributed by atoms with Gasteiger partial charge in [-0.15, -0.1) is 0 Å². The van der Waals surface area contributed by atoms with Crippen molar-refractivity contribution < 1.29 is 8.42 Å². The molecule has 0 spiro atoms. The molecule has 1 atom stereocenters. The van der Waals surface area contributed by atoms with Crippen molar-refractivity contribution in [1.29, 1.82) is 0 Å². The third kappa shape index (κ3) is 4.08. The lowest BCUT2D eigenvalue weighted by atomic mass is 10.0. The first-order chi connectivity index (χ1) is 10.3. The SMILES string of the molecule is Cc1cc(C)n(CCCN(C)S(=O)(=O)N2CCC[C@H](C)C2)n1. The molecular weight excluding hydrogens is 300 g/mol. The molecule has 22 heavy (non-hydrogen) atoms. The van der Waals surface area contributed by atoms with Crippen molar-refractivity contribution in [3.05, 3.63) is 17.5 Å². The minimum atomic E-state index is -3.32. The fourth-order valence-corrected chi connectivity index (χ4v) is 4.57. The maximum absolute atomic E-state index is 12.6. The van der Waals surface area contributed by atoms with Crippen LogP contribution in [0.5, 0.6) is 0 Å². The minimum Gasteiger partial charge on any atom is -0.270 e. The van der Waals surface area contributed by atoms with E-state index in [0.717, 1.165) is 37.2 Å². The average molecular weight is 328 g/mol. The van der Waals surface area contributed by atoms with E-state index in [9.17, 15) is 8.42 Å². The van der Waals surface area contributed by atoms with Crippen molar-refractivity contribution in [2.24, 2.45) is 5.92 Å². The standard InChI is InChI=1S/C15H28N4O2S/c1-13-7-5-9-18(12-13)22(20,21)17(4)8-6-10-19-15(3)11-14(2)16-19/h11,13H,5-10,12H2,1-4H3/t13-/m0/s1. The third-order valence-electron chi connectivity index (χ3n) is 4.29. The van der Waals surface area contributed by atoms with Crippen molar-refractivity contribution in [2.75, 3.05) is 26.7 Å². The van der Waals surface area contributed by atoms with Gasteiger partial charge in [0.25, 0.3) is 10.2 Å².